The van der Waals surface area contributed by atoms with Gasteiger partial charge in [-0.15, -0.1) is 11.3 Å². The Hall–Kier alpha value is -1.85. The Bertz CT molecular complexity index is 651. The smallest absolute Gasteiger partial charge is 0.0944 e. The fourth-order valence-corrected chi connectivity index (χ4v) is 2.47. The molecule has 4 nitrogen and oxygen atoms in total. The van der Waals surface area contributed by atoms with Crippen LogP contribution in [0.1, 0.15) is 16.7 Å². The number of para-hydroxylation sites is 2. The number of nitrogens with zero attached hydrogens (tertiary/aromatic N) is 3. The van der Waals surface area contributed by atoms with Gasteiger partial charge in [0.1, 0.15) is 0 Å². The van der Waals surface area contributed by atoms with Crippen LogP contribution in [-0.4, -0.2) is 15.0 Å². The first-order chi connectivity index (χ1) is 8.83. The van der Waals surface area contributed by atoms with Gasteiger partial charge in [-0.25, -0.2) is 9.97 Å². The second kappa shape index (κ2) is 4.80. The topological polar surface area (TPSA) is 64.7 Å². The van der Waals surface area contributed by atoms with Crippen molar-refractivity contribution in [3.63, 3.8) is 0 Å². The van der Waals surface area contributed by atoms with Crippen molar-refractivity contribution < 1.29 is 0 Å². The molecule has 1 unspecified atom stereocenters. The van der Waals surface area contributed by atoms with Crippen LogP contribution in [0.4, 0.5) is 0 Å². The van der Waals surface area contributed by atoms with E-state index in [9.17, 15) is 0 Å². The molecule has 0 saturated heterocycles. The largest absolute Gasteiger partial charge is 0.322 e. The van der Waals surface area contributed by atoms with Gasteiger partial charge in [0.15, 0.2) is 0 Å². The fourth-order valence-electron chi connectivity index (χ4n) is 1.80. The molecule has 90 valence electrons. The lowest BCUT2D eigenvalue weighted by Crippen LogP contribution is -2.15. The van der Waals surface area contributed by atoms with Crippen LogP contribution in [0, 0.1) is 0 Å². The maximum absolute atomic E-state index is 6.14. The molecule has 0 bridgehead atoms. The molecule has 18 heavy (non-hydrogen) atoms. The molecule has 1 atom stereocenters. The van der Waals surface area contributed by atoms with Gasteiger partial charge >= 0.3 is 0 Å². The Morgan fingerprint density at radius 2 is 2.00 bits per heavy atom. The summed E-state index contributed by atoms with van der Waals surface area (Å²) in [7, 11) is 0. The average molecular weight is 256 g/mol. The number of fused-ring (bicyclic) bond motifs is 1. The summed E-state index contributed by atoms with van der Waals surface area (Å²) in [5.74, 6) is 0. The minimum Gasteiger partial charge on any atom is -0.322 e. The summed E-state index contributed by atoms with van der Waals surface area (Å²) in [5.41, 5.74) is 8.72. The van der Waals surface area contributed by atoms with Crippen molar-refractivity contribution >= 4 is 22.4 Å². The minimum atomic E-state index is -0.159. The molecule has 5 heteroatoms. The van der Waals surface area contributed by atoms with E-state index in [0.717, 1.165) is 21.7 Å². The van der Waals surface area contributed by atoms with E-state index in [4.69, 9.17) is 5.73 Å². The van der Waals surface area contributed by atoms with Gasteiger partial charge in [-0.1, -0.05) is 12.1 Å². The van der Waals surface area contributed by atoms with E-state index in [1.807, 2.05) is 29.6 Å². The summed E-state index contributed by atoms with van der Waals surface area (Å²) >= 11 is 1.61. The first-order valence-corrected chi connectivity index (χ1v) is 6.56. The first-order valence-electron chi connectivity index (χ1n) is 5.68. The maximum atomic E-state index is 6.14. The number of rotatable bonds is 3. The van der Waals surface area contributed by atoms with E-state index in [-0.39, 0.29) is 6.04 Å². The van der Waals surface area contributed by atoms with Crippen molar-refractivity contribution in [2.75, 3.05) is 0 Å². The summed E-state index contributed by atoms with van der Waals surface area (Å²) in [4.78, 5) is 13.2. The molecule has 0 aliphatic heterocycles. The average Bonchev–Trinajstić information content (AvgIpc) is 2.91. The van der Waals surface area contributed by atoms with E-state index in [2.05, 4.69) is 15.0 Å². The Morgan fingerprint density at radius 1 is 1.17 bits per heavy atom. The van der Waals surface area contributed by atoms with E-state index < -0.39 is 0 Å². The summed E-state index contributed by atoms with van der Waals surface area (Å²) < 4.78 is 0. The highest BCUT2D eigenvalue weighted by molar-refractivity contribution is 7.09. The highest BCUT2D eigenvalue weighted by atomic mass is 32.1. The molecular formula is C13H12N4S. The van der Waals surface area contributed by atoms with Crippen LogP contribution in [0.15, 0.2) is 42.0 Å². The van der Waals surface area contributed by atoms with Crippen molar-refractivity contribution in [2.45, 2.75) is 12.5 Å². The molecule has 0 radical (unpaired) electrons. The van der Waals surface area contributed by atoms with Crippen LogP contribution < -0.4 is 5.73 Å². The summed E-state index contributed by atoms with van der Waals surface area (Å²) in [6, 6.07) is 7.63. The van der Waals surface area contributed by atoms with Crippen molar-refractivity contribution in [1.82, 2.24) is 15.0 Å². The van der Waals surface area contributed by atoms with Gasteiger partial charge in [0, 0.05) is 18.0 Å². The number of benzene rings is 1. The molecule has 0 aliphatic carbocycles. The zero-order valence-corrected chi connectivity index (χ0v) is 10.5. The number of aromatic nitrogens is 3. The van der Waals surface area contributed by atoms with Gasteiger partial charge in [0.05, 0.1) is 34.0 Å². The van der Waals surface area contributed by atoms with Crippen LogP contribution in [0.3, 0.4) is 0 Å². The third-order valence-electron chi connectivity index (χ3n) is 2.73. The monoisotopic (exact) mass is 256 g/mol. The van der Waals surface area contributed by atoms with E-state index in [1.165, 1.54) is 0 Å². The lowest BCUT2D eigenvalue weighted by atomic mass is 10.1. The molecule has 0 aliphatic rings. The first kappa shape index (κ1) is 11.3. The molecule has 0 spiro atoms. The summed E-state index contributed by atoms with van der Waals surface area (Å²) in [6.07, 6.45) is 4.24. The third kappa shape index (κ3) is 2.23. The standard InChI is InChI=1S/C13H12N4S/c14-9(7-13-15-5-6-18-13)12-8-16-10-3-1-2-4-11(10)17-12/h1-6,8-9H,7,14H2. The molecule has 2 aromatic heterocycles. The van der Waals surface area contributed by atoms with Crippen LogP contribution in [-0.2, 0) is 6.42 Å². The molecule has 0 amide bonds. The minimum absolute atomic E-state index is 0.159. The lowest BCUT2D eigenvalue weighted by Gasteiger charge is -2.09. The van der Waals surface area contributed by atoms with Gasteiger partial charge in [0.25, 0.3) is 0 Å². The second-order valence-electron chi connectivity index (χ2n) is 4.02. The molecule has 3 rings (SSSR count). The molecule has 0 fully saturated rings. The predicted octanol–water partition coefficient (Wildman–Crippen LogP) is 2.33. The van der Waals surface area contributed by atoms with Gasteiger partial charge < -0.3 is 5.73 Å². The fraction of sp³-hybridized carbons (Fsp3) is 0.154. The van der Waals surface area contributed by atoms with Crippen LogP contribution in [0.5, 0.6) is 0 Å². The number of thiazole rings is 1. The highest BCUT2D eigenvalue weighted by Gasteiger charge is 2.11. The van der Waals surface area contributed by atoms with Crippen LogP contribution in [0.25, 0.3) is 11.0 Å². The molecule has 1 aromatic carbocycles. The van der Waals surface area contributed by atoms with Gasteiger partial charge in [-0.05, 0) is 12.1 Å². The second-order valence-corrected chi connectivity index (χ2v) is 5.00. The van der Waals surface area contributed by atoms with Crippen LogP contribution in [0.2, 0.25) is 0 Å². The van der Waals surface area contributed by atoms with Gasteiger partial charge in [0.2, 0.25) is 0 Å². The molecule has 0 saturated carbocycles. The summed E-state index contributed by atoms with van der Waals surface area (Å²) in [6.45, 7) is 0. The zero-order valence-electron chi connectivity index (χ0n) is 9.65. The maximum Gasteiger partial charge on any atom is 0.0944 e. The van der Waals surface area contributed by atoms with Crippen molar-refractivity contribution in [1.29, 1.82) is 0 Å². The highest BCUT2D eigenvalue weighted by Crippen LogP contribution is 2.17. The van der Waals surface area contributed by atoms with E-state index in [1.54, 1.807) is 23.7 Å². The lowest BCUT2D eigenvalue weighted by molar-refractivity contribution is 0.693. The Labute approximate surface area is 109 Å². The number of hydrogen-bond donors (Lipinski definition) is 1. The number of hydrogen-bond acceptors (Lipinski definition) is 5. The van der Waals surface area contributed by atoms with Crippen molar-refractivity contribution in [2.24, 2.45) is 5.73 Å². The van der Waals surface area contributed by atoms with Crippen LogP contribution >= 0.6 is 11.3 Å². The molecule has 2 N–H and O–H groups in total. The normalized spacial score (nSPS) is 12.7. The third-order valence-corrected chi connectivity index (χ3v) is 3.53. The molecule has 3 aromatic rings. The Kier molecular flexibility index (Phi) is 3.00. The zero-order chi connectivity index (χ0) is 12.4. The Morgan fingerprint density at radius 3 is 2.78 bits per heavy atom. The van der Waals surface area contributed by atoms with Gasteiger partial charge in [-0.2, -0.15) is 0 Å². The predicted molar refractivity (Wildman–Crippen MR) is 72.3 cm³/mol. The quantitative estimate of drug-likeness (QED) is 0.781. The van der Waals surface area contributed by atoms with Crippen molar-refractivity contribution in [3.05, 3.63) is 52.7 Å². The Balaban J connectivity index is 1.89. The number of nitrogens with two attached hydrogens (primary N) is 1. The summed E-state index contributed by atoms with van der Waals surface area (Å²) in [5, 5.41) is 2.98. The van der Waals surface area contributed by atoms with E-state index >= 15 is 0 Å². The van der Waals surface area contributed by atoms with E-state index in [0.29, 0.717) is 6.42 Å². The SMILES string of the molecule is NC(Cc1nccs1)c1cnc2ccccc2n1. The van der Waals surface area contributed by atoms with Gasteiger partial charge in [-0.3, -0.25) is 4.98 Å². The molecule has 2 heterocycles. The van der Waals surface area contributed by atoms with Crippen molar-refractivity contribution in [3.8, 4) is 0 Å². The molecular weight excluding hydrogens is 244 g/mol.